The van der Waals surface area contributed by atoms with Crippen LogP contribution in [0.2, 0.25) is 0 Å². The van der Waals surface area contributed by atoms with Crippen molar-refractivity contribution in [2.75, 3.05) is 20.3 Å². The van der Waals surface area contributed by atoms with Gasteiger partial charge in [0.1, 0.15) is 5.54 Å². The maximum Gasteiger partial charge on any atom is 0.245 e. The van der Waals surface area contributed by atoms with Crippen molar-refractivity contribution in [3.05, 3.63) is 48.0 Å². The van der Waals surface area contributed by atoms with E-state index in [0.717, 1.165) is 5.56 Å². The monoisotopic (exact) mass is 284 g/mol. The standard InChI is InChI=1S/C17H20N2O2/c1-19(16(20)17(18)8-9-21-12-17)11-13-6-7-14-4-2-3-5-15(14)10-13/h2-7,10H,8-9,11-12,18H2,1H3. The van der Waals surface area contributed by atoms with Crippen molar-refractivity contribution in [3.8, 4) is 0 Å². The molecule has 1 heterocycles. The quantitative estimate of drug-likeness (QED) is 0.937. The summed E-state index contributed by atoms with van der Waals surface area (Å²) >= 11 is 0. The molecule has 4 heteroatoms. The van der Waals surface area contributed by atoms with E-state index in [-0.39, 0.29) is 5.91 Å². The molecule has 2 aromatic rings. The van der Waals surface area contributed by atoms with Crippen LogP contribution >= 0.6 is 0 Å². The highest BCUT2D eigenvalue weighted by Gasteiger charge is 2.40. The van der Waals surface area contributed by atoms with Crippen molar-refractivity contribution in [1.29, 1.82) is 0 Å². The second-order valence-corrected chi connectivity index (χ2v) is 5.80. The zero-order chi connectivity index (χ0) is 14.9. The molecule has 1 fully saturated rings. The Hall–Kier alpha value is -1.91. The van der Waals surface area contributed by atoms with E-state index in [1.54, 1.807) is 11.9 Å². The first-order valence-corrected chi connectivity index (χ1v) is 7.18. The normalized spacial score (nSPS) is 21.6. The van der Waals surface area contributed by atoms with Gasteiger partial charge < -0.3 is 15.4 Å². The fraction of sp³-hybridized carbons (Fsp3) is 0.353. The molecular formula is C17H20N2O2. The number of fused-ring (bicyclic) bond motifs is 1. The predicted octanol–water partition coefficient (Wildman–Crippen LogP) is 1.92. The summed E-state index contributed by atoms with van der Waals surface area (Å²) in [6.07, 6.45) is 0.591. The Morgan fingerprint density at radius 2 is 2.05 bits per heavy atom. The molecule has 1 amide bonds. The average Bonchev–Trinajstić information content (AvgIpc) is 2.94. The summed E-state index contributed by atoms with van der Waals surface area (Å²) in [5.74, 6) is -0.0480. The lowest BCUT2D eigenvalue weighted by Gasteiger charge is -2.27. The Morgan fingerprint density at radius 3 is 2.76 bits per heavy atom. The van der Waals surface area contributed by atoms with Crippen LogP contribution < -0.4 is 5.73 Å². The lowest BCUT2D eigenvalue weighted by atomic mass is 9.98. The fourth-order valence-corrected chi connectivity index (χ4v) is 2.81. The summed E-state index contributed by atoms with van der Waals surface area (Å²) in [7, 11) is 1.80. The molecule has 110 valence electrons. The summed E-state index contributed by atoms with van der Waals surface area (Å²) in [6, 6.07) is 14.5. The van der Waals surface area contributed by atoms with E-state index in [9.17, 15) is 4.79 Å². The molecule has 0 aromatic heterocycles. The van der Waals surface area contributed by atoms with Crippen LogP contribution in [0.25, 0.3) is 10.8 Å². The molecule has 2 aromatic carbocycles. The molecule has 1 unspecified atom stereocenters. The molecule has 3 rings (SSSR count). The molecule has 0 radical (unpaired) electrons. The predicted molar refractivity (Wildman–Crippen MR) is 82.8 cm³/mol. The number of hydrogen-bond acceptors (Lipinski definition) is 3. The Morgan fingerprint density at radius 1 is 1.29 bits per heavy atom. The largest absolute Gasteiger partial charge is 0.379 e. The number of hydrogen-bond donors (Lipinski definition) is 1. The van der Waals surface area contributed by atoms with Crippen molar-refractivity contribution >= 4 is 16.7 Å². The molecule has 0 saturated carbocycles. The molecule has 1 aliphatic heterocycles. The van der Waals surface area contributed by atoms with Gasteiger partial charge in [0.15, 0.2) is 0 Å². The highest BCUT2D eigenvalue weighted by atomic mass is 16.5. The van der Waals surface area contributed by atoms with E-state index in [0.29, 0.717) is 26.2 Å². The molecule has 4 nitrogen and oxygen atoms in total. The van der Waals surface area contributed by atoms with Gasteiger partial charge in [0.25, 0.3) is 0 Å². The van der Waals surface area contributed by atoms with E-state index >= 15 is 0 Å². The minimum absolute atomic E-state index is 0.0480. The second-order valence-electron chi connectivity index (χ2n) is 5.80. The zero-order valence-corrected chi connectivity index (χ0v) is 12.2. The lowest BCUT2D eigenvalue weighted by Crippen LogP contribution is -2.54. The third kappa shape index (κ3) is 2.77. The molecule has 0 aliphatic carbocycles. The van der Waals surface area contributed by atoms with Crippen LogP contribution in [0.3, 0.4) is 0 Å². The van der Waals surface area contributed by atoms with E-state index in [1.165, 1.54) is 10.8 Å². The van der Waals surface area contributed by atoms with Crippen molar-refractivity contribution in [1.82, 2.24) is 4.90 Å². The number of carbonyl (C=O) groups excluding carboxylic acids is 1. The number of ether oxygens (including phenoxy) is 1. The molecule has 2 N–H and O–H groups in total. The van der Waals surface area contributed by atoms with Crippen LogP contribution in [-0.4, -0.2) is 36.6 Å². The lowest BCUT2D eigenvalue weighted by molar-refractivity contribution is -0.136. The molecule has 1 aliphatic rings. The van der Waals surface area contributed by atoms with Gasteiger partial charge in [-0.05, 0) is 28.8 Å². The Balaban J connectivity index is 1.76. The molecule has 0 spiro atoms. The van der Waals surface area contributed by atoms with E-state index in [1.807, 2.05) is 12.1 Å². The number of nitrogens with zero attached hydrogens (tertiary/aromatic N) is 1. The fourth-order valence-electron chi connectivity index (χ4n) is 2.81. The Kier molecular flexibility index (Phi) is 3.66. The van der Waals surface area contributed by atoms with Gasteiger partial charge in [-0.1, -0.05) is 36.4 Å². The second kappa shape index (κ2) is 5.47. The summed E-state index contributed by atoms with van der Waals surface area (Å²) in [5.41, 5.74) is 6.38. The van der Waals surface area contributed by atoms with Crippen LogP contribution in [0.15, 0.2) is 42.5 Å². The van der Waals surface area contributed by atoms with E-state index in [2.05, 4.69) is 30.3 Å². The summed E-state index contributed by atoms with van der Waals surface area (Å²) in [6.45, 7) is 1.43. The topological polar surface area (TPSA) is 55.6 Å². The van der Waals surface area contributed by atoms with Crippen LogP contribution in [0, 0.1) is 0 Å². The Bertz CT molecular complexity index is 663. The number of rotatable bonds is 3. The molecular weight excluding hydrogens is 264 g/mol. The number of nitrogens with two attached hydrogens (primary N) is 1. The summed E-state index contributed by atoms with van der Waals surface area (Å²) < 4.78 is 5.27. The van der Waals surface area contributed by atoms with Crippen LogP contribution in [-0.2, 0) is 16.1 Å². The number of carbonyl (C=O) groups is 1. The van der Waals surface area contributed by atoms with E-state index < -0.39 is 5.54 Å². The first-order valence-electron chi connectivity index (χ1n) is 7.18. The molecule has 1 atom stereocenters. The van der Waals surface area contributed by atoms with Gasteiger partial charge in [-0.3, -0.25) is 4.79 Å². The zero-order valence-electron chi connectivity index (χ0n) is 12.2. The van der Waals surface area contributed by atoms with Crippen LogP contribution in [0.5, 0.6) is 0 Å². The minimum atomic E-state index is -0.856. The third-order valence-electron chi connectivity index (χ3n) is 4.06. The van der Waals surface area contributed by atoms with Crippen LogP contribution in [0.4, 0.5) is 0 Å². The smallest absolute Gasteiger partial charge is 0.245 e. The van der Waals surface area contributed by atoms with Gasteiger partial charge in [0, 0.05) is 20.2 Å². The maximum absolute atomic E-state index is 12.5. The number of likely N-dealkylation sites (N-methyl/N-ethyl adjacent to an activating group) is 1. The minimum Gasteiger partial charge on any atom is -0.379 e. The van der Waals surface area contributed by atoms with E-state index in [4.69, 9.17) is 10.5 Å². The SMILES string of the molecule is CN(Cc1ccc2ccccc2c1)C(=O)C1(N)CCOC1. The molecule has 0 bridgehead atoms. The highest BCUT2D eigenvalue weighted by molar-refractivity contribution is 5.87. The van der Waals surface area contributed by atoms with Gasteiger partial charge in [0.2, 0.25) is 5.91 Å². The van der Waals surface area contributed by atoms with Crippen molar-refractivity contribution < 1.29 is 9.53 Å². The highest BCUT2D eigenvalue weighted by Crippen LogP contribution is 2.20. The molecule has 21 heavy (non-hydrogen) atoms. The Labute approximate surface area is 124 Å². The van der Waals surface area contributed by atoms with Gasteiger partial charge in [-0.2, -0.15) is 0 Å². The van der Waals surface area contributed by atoms with Gasteiger partial charge in [0.05, 0.1) is 6.61 Å². The molecule has 1 saturated heterocycles. The van der Waals surface area contributed by atoms with Crippen molar-refractivity contribution in [2.45, 2.75) is 18.5 Å². The first kappa shape index (κ1) is 14.0. The summed E-state index contributed by atoms with van der Waals surface area (Å²) in [4.78, 5) is 14.1. The van der Waals surface area contributed by atoms with Crippen molar-refractivity contribution in [2.24, 2.45) is 5.73 Å². The average molecular weight is 284 g/mol. The van der Waals surface area contributed by atoms with Gasteiger partial charge >= 0.3 is 0 Å². The first-order chi connectivity index (χ1) is 10.1. The van der Waals surface area contributed by atoms with Gasteiger partial charge in [-0.25, -0.2) is 0 Å². The van der Waals surface area contributed by atoms with Crippen LogP contribution in [0.1, 0.15) is 12.0 Å². The van der Waals surface area contributed by atoms with Gasteiger partial charge in [-0.15, -0.1) is 0 Å². The summed E-state index contributed by atoms with van der Waals surface area (Å²) in [5, 5.41) is 2.39. The maximum atomic E-state index is 12.5. The number of benzene rings is 2. The number of amides is 1. The van der Waals surface area contributed by atoms with Crippen molar-refractivity contribution in [3.63, 3.8) is 0 Å². The third-order valence-corrected chi connectivity index (χ3v) is 4.06.